The monoisotopic (exact) mass is 142 g/mol. The van der Waals surface area contributed by atoms with Gasteiger partial charge in [0.25, 0.3) is 0 Å². The van der Waals surface area contributed by atoms with E-state index in [4.69, 9.17) is 4.74 Å². The molecule has 0 saturated carbocycles. The average molecular weight is 142 g/mol. The topological polar surface area (TPSA) is 26.3 Å². The van der Waals surface area contributed by atoms with Gasteiger partial charge in [-0.15, -0.1) is 0 Å². The van der Waals surface area contributed by atoms with Gasteiger partial charge in [-0.2, -0.15) is 0 Å². The summed E-state index contributed by atoms with van der Waals surface area (Å²) < 4.78 is 5.07. The molecular weight excluding hydrogens is 128 g/mol. The maximum absolute atomic E-state index is 10.9. The third-order valence-corrected chi connectivity index (χ3v) is 2.23. The van der Waals surface area contributed by atoms with E-state index in [1.807, 2.05) is 13.8 Å². The Kier molecular flexibility index (Phi) is 1.97. The van der Waals surface area contributed by atoms with E-state index < -0.39 is 0 Å². The minimum atomic E-state index is -0.0365. The van der Waals surface area contributed by atoms with Gasteiger partial charge in [0, 0.05) is 0 Å². The Morgan fingerprint density at radius 2 is 2.00 bits per heavy atom. The molecule has 1 aliphatic heterocycles. The SMILES string of the molecule is CC1CC(C)C(C)OC1=O. The lowest BCUT2D eigenvalue weighted by Crippen LogP contribution is -2.33. The number of hydrogen-bond acceptors (Lipinski definition) is 2. The lowest BCUT2D eigenvalue weighted by atomic mass is 9.91. The lowest BCUT2D eigenvalue weighted by Gasteiger charge is -2.29. The highest BCUT2D eigenvalue weighted by molar-refractivity contribution is 5.72. The molecule has 58 valence electrons. The number of ether oxygens (including phenoxy) is 1. The molecule has 0 N–H and O–H groups in total. The van der Waals surface area contributed by atoms with Crippen molar-refractivity contribution in [2.24, 2.45) is 11.8 Å². The van der Waals surface area contributed by atoms with Gasteiger partial charge in [-0.25, -0.2) is 0 Å². The molecule has 1 fully saturated rings. The summed E-state index contributed by atoms with van der Waals surface area (Å²) in [6.07, 6.45) is 1.09. The molecule has 3 atom stereocenters. The average Bonchev–Trinajstić information content (AvgIpc) is 1.84. The highest BCUT2D eigenvalue weighted by atomic mass is 16.5. The first-order valence-electron chi connectivity index (χ1n) is 3.81. The Bertz CT molecular complexity index is 142. The molecule has 3 unspecified atom stereocenters. The van der Waals surface area contributed by atoms with Crippen molar-refractivity contribution in [3.8, 4) is 0 Å². The van der Waals surface area contributed by atoms with Crippen molar-refractivity contribution in [1.82, 2.24) is 0 Å². The molecule has 0 amide bonds. The molecule has 0 spiro atoms. The molecule has 1 heterocycles. The fraction of sp³-hybridized carbons (Fsp3) is 0.875. The van der Waals surface area contributed by atoms with Crippen molar-refractivity contribution < 1.29 is 9.53 Å². The summed E-state index contributed by atoms with van der Waals surface area (Å²) in [5, 5.41) is 0. The van der Waals surface area contributed by atoms with E-state index >= 15 is 0 Å². The zero-order chi connectivity index (χ0) is 7.72. The minimum Gasteiger partial charge on any atom is -0.462 e. The van der Waals surface area contributed by atoms with Crippen LogP contribution in [0.1, 0.15) is 27.2 Å². The van der Waals surface area contributed by atoms with Crippen LogP contribution in [-0.4, -0.2) is 12.1 Å². The first-order chi connectivity index (χ1) is 4.61. The van der Waals surface area contributed by atoms with E-state index in [0.29, 0.717) is 5.92 Å². The van der Waals surface area contributed by atoms with Crippen molar-refractivity contribution in [3.63, 3.8) is 0 Å². The summed E-state index contributed by atoms with van der Waals surface area (Å²) >= 11 is 0. The van der Waals surface area contributed by atoms with Crippen molar-refractivity contribution >= 4 is 5.97 Å². The molecule has 0 aromatic heterocycles. The standard InChI is InChI=1S/C8H14O2/c1-5-4-6(2)8(9)10-7(5)3/h5-7H,4H2,1-3H3. The molecule has 1 rings (SSSR count). The Morgan fingerprint density at radius 1 is 1.40 bits per heavy atom. The van der Waals surface area contributed by atoms with Gasteiger partial charge in [-0.1, -0.05) is 13.8 Å². The molecule has 2 nitrogen and oxygen atoms in total. The quantitative estimate of drug-likeness (QED) is 0.480. The van der Waals surface area contributed by atoms with Crippen molar-refractivity contribution in [1.29, 1.82) is 0 Å². The Labute approximate surface area is 61.6 Å². The van der Waals surface area contributed by atoms with Gasteiger partial charge in [0.05, 0.1) is 5.92 Å². The summed E-state index contributed by atoms with van der Waals surface area (Å²) in [5.74, 6) is 0.587. The highest BCUT2D eigenvalue weighted by Crippen LogP contribution is 2.24. The fourth-order valence-electron chi connectivity index (χ4n) is 1.26. The van der Waals surface area contributed by atoms with Gasteiger partial charge in [-0.3, -0.25) is 4.79 Å². The summed E-state index contributed by atoms with van der Waals surface area (Å²) in [4.78, 5) is 10.9. The van der Waals surface area contributed by atoms with E-state index in [-0.39, 0.29) is 18.0 Å². The molecule has 1 saturated heterocycles. The van der Waals surface area contributed by atoms with E-state index in [0.717, 1.165) is 6.42 Å². The lowest BCUT2D eigenvalue weighted by molar-refractivity contribution is -0.162. The van der Waals surface area contributed by atoms with Crippen LogP contribution in [-0.2, 0) is 9.53 Å². The molecule has 10 heavy (non-hydrogen) atoms. The highest BCUT2D eigenvalue weighted by Gasteiger charge is 2.29. The van der Waals surface area contributed by atoms with E-state index in [1.165, 1.54) is 0 Å². The van der Waals surface area contributed by atoms with Crippen molar-refractivity contribution in [2.45, 2.75) is 33.3 Å². The van der Waals surface area contributed by atoms with Crippen LogP contribution in [0.5, 0.6) is 0 Å². The molecule has 0 aromatic rings. The second-order valence-corrected chi connectivity index (χ2v) is 3.26. The number of rotatable bonds is 0. The Hall–Kier alpha value is -0.530. The van der Waals surface area contributed by atoms with Gasteiger partial charge in [0.1, 0.15) is 6.10 Å². The number of carbonyl (C=O) groups excluding carboxylic acids is 1. The van der Waals surface area contributed by atoms with Crippen LogP contribution in [0.25, 0.3) is 0 Å². The summed E-state index contributed by atoms with van der Waals surface area (Å²) in [6, 6.07) is 0. The molecule has 0 radical (unpaired) electrons. The normalized spacial score (nSPS) is 41.1. The molecule has 0 bridgehead atoms. The Balaban J connectivity index is 2.54. The Morgan fingerprint density at radius 3 is 2.50 bits per heavy atom. The van der Waals surface area contributed by atoms with Gasteiger partial charge in [0.15, 0.2) is 0 Å². The predicted molar refractivity (Wildman–Crippen MR) is 38.5 cm³/mol. The summed E-state index contributed by atoms with van der Waals surface area (Å²) in [6.45, 7) is 5.99. The smallest absolute Gasteiger partial charge is 0.308 e. The van der Waals surface area contributed by atoms with Crippen LogP contribution in [0.15, 0.2) is 0 Å². The van der Waals surface area contributed by atoms with E-state index in [1.54, 1.807) is 0 Å². The molecular formula is C8H14O2. The van der Waals surface area contributed by atoms with Crippen LogP contribution in [0, 0.1) is 11.8 Å². The van der Waals surface area contributed by atoms with Crippen LogP contribution in [0.2, 0.25) is 0 Å². The second kappa shape index (κ2) is 2.60. The van der Waals surface area contributed by atoms with E-state index in [2.05, 4.69) is 6.92 Å². The first-order valence-corrected chi connectivity index (χ1v) is 3.81. The van der Waals surface area contributed by atoms with Crippen molar-refractivity contribution in [3.05, 3.63) is 0 Å². The second-order valence-electron chi connectivity index (χ2n) is 3.26. The number of hydrogen-bond donors (Lipinski definition) is 0. The van der Waals surface area contributed by atoms with Crippen LogP contribution in [0.3, 0.4) is 0 Å². The maximum Gasteiger partial charge on any atom is 0.308 e. The number of carbonyl (C=O) groups is 1. The van der Waals surface area contributed by atoms with Gasteiger partial charge in [0.2, 0.25) is 0 Å². The first kappa shape index (κ1) is 7.58. The third kappa shape index (κ3) is 1.31. The maximum atomic E-state index is 10.9. The molecule has 1 aliphatic rings. The minimum absolute atomic E-state index is 0.0365. The zero-order valence-corrected chi connectivity index (χ0v) is 6.76. The van der Waals surface area contributed by atoms with Crippen LogP contribution in [0.4, 0.5) is 0 Å². The number of esters is 1. The summed E-state index contributed by atoms with van der Waals surface area (Å²) in [7, 11) is 0. The molecule has 0 aromatic carbocycles. The van der Waals surface area contributed by atoms with Crippen molar-refractivity contribution in [2.75, 3.05) is 0 Å². The molecule has 0 aliphatic carbocycles. The van der Waals surface area contributed by atoms with Gasteiger partial charge >= 0.3 is 5.97 Å². The van der Waals surface area contributed by atoms with Gasteiger partial charge in [-0.05, 0) is 19.3 Å². The third-order valence-electron chi connectivity index (χ3n) is 2.23. The molecule has 2 heteroatoms. The zero-order valence-electron chi connectivity index (χ0n) is 6.76. The fourth-order valence-corrected chi connectivity index (χ4v) is 1.26. The number of cyclic esters (lactones) is 1. The predicted octanol–water partition coefficient (Wildman–Crippen LogP) is 1.59. The van der Waals surface area contributed by atoms with E-state index in [9.17, 15) is 4.79 Å². The summed E-state index contributed by atoms with van der Waals surface area (Å²) in [5.41, 5.74) is 0. The largest absolute Gasteiger partial charge is 0.462 e. The van der Waals surface area contributed by atoms with Crippen LogP contribution >= 0.6 is 0 Å². The van der Waals surface area contributed by atoms with Gasteiger partial charge < -0.3 is 4.74 Å². The van der Waals surface area contributed by atoms with Crippen LogP contribution < -0.4 is 0 Å².